The summed E-state index contributed by atoms with van der Waals surface area (Å²) in [5.74, 6) is 0.118. The van der Waals surface area contributed by atoms with Gasteiger partial charge >= 0.3 is 0 Å². The molecular formula is C14H19N3O3S. The summed E-state index contributed by atoms with van der Waals surface area (Å²) in [5.41, 5.74) is 1.25. The minimum Gasteiger partial charge on any atom is -0.508 e. The number of phenols is 1. The highest BCUT2D eigenvalue weighted by atomic mass is 32.2. The van der Waals surface area contributed by atoms with E-state index in [1.165, 1.54) is 10.5 Å². The summed E-state index contributed by atoms with van der Waals surface area (Å²) in [5, 5.41) is 16.0. The number of nitrogens with zero attached hydrogens (tertiary/aromatic N) is 2. The number of rotatable bonds is 5. The van der Waals surface area contributed by atoms with Crippen LogP contribution in [0.5, 0.6) is 5.75 Å². The smallest absolute Gasteiger partial charge is 0.246 e. The Labute approximate surface area is 124 Å². The molecule has 114 valence electrons. The van der Waals surface area contributed by atoms with Crippen LogP contribution in [0.25, 0.3) is 0 Å². The fraction of sp³-hybridized carbons (Fsp3) is 0.357. The second-order valence-electron chi connectivity index (χ2n) is 4.84. The van der Waals surface area contributed by atoms with Gasteiger partial charge in [-0.1, -0.05) is 19.1 Å². The van der Waals surface area contributed by atoms with Gasteiger partial charge in [0.05, 0.1) is 11.9 Å². The highest BCUT2D eigenvalue weighted by Gasteiger charge is 2.30. The summed E-state index contributed by atoms with van der Waals surface area (Å²) in [7, 11) is -3.64. The van der Waals surface area contributed by atoms with Crippen molar-refractivity contribution < 1.29 is 13.5 Å². The van der Waals surface area contributed by atoms with E-state index in [9.17, 15) is 13.5 Å². The number of aromatic hydroxyl groups is 1. The Morgan fingerprint density at radius 2 is 2.14 bits per heavy atom. The zero-order valence-corrected chi connectivity index (χ0v) is 13.1. The first-order chi connectivity index (χ1) is 9.87. The van der Waals surface area contributed by atoms with Gasteiger partial charge in [-0.3, -0.25) is 5.10 Å². The number of hydrogen-bond acceptors (Lipinski definition) is 4. The standard InChI is InChI=1S/C14H19N3O3S/c1-4-17(11(3)12-6-5-7-13(18)8-12)21(19,20)14-9-15-16-10(14)2/h5-9,11,18H,4H2,1-3H3,(H,15,16). The van der Waals surface area contributed by atoms with E-state index < -0.39 is 10.0 Å². The van der Waals surface area contributed by atoms with E-state index in [1.54, 1.807) is 45.0 Å². The maximum absolute atomic E-state index is 12.7. The van der Waals surface area contributed by atoms with Crippen molar-refractivity contribution in [2.45, 2.75) is 31.7 Å². The Morgan fingerprint density at radius 3 is 2.67 bits per heavy atom. The maximum atomic E-state index is 12.7. The number of aromatic amines is 1. The largest absolute Gasteiger partial charge is 0.508 e. The first-order valence-electron chi connectivity index (χ1n) is 6.68. The summed E-state index contributed by atoms with van der Waals surface area (Å²) >= 11 is 0. The molecule has 0 aliphatic carbocycles. The van der Waals surface area contributed by atoms with E-state index in [1.807, 2.05) is 0 Å². The summed E-state index contributed by atoms with van der Waals surface area (Å²) in [6, 6.07) is 6.24. The Morgan fingerprint density at radius 1 is 1.43 bits per heavy atom. The second-order valence-corrected chi connectivity index (χ2v) is 6.70. The van der Waals surface area contributed by atoms with Crippen molar-refractivity contribution in [1.29, 1.82) is 0 Å². The lowest BCUT2D eigenvalue weighted by Crippen LogP contribution is -2.33. The van der Waals surface area contributed by atoms with Crippen LogP contribution in [0.1, 0.15) is 31.1 Å². The third-order valence-corrected chi connectivity index (χ3v) is 5.63. The van der Waals surface area contributed by atoms with Crippen LogP contribution in [0.15, 0.2) is 35.4 Å². The molecule has 2 N–H and O–H groups in total. The number of aryl methyl sites for hydroxylation is 1. The van der Waals surface area contributed by atoms with Gasteiger partial charge in [0, 0.05) is 12.6 Å². The Kier molecular flexibility index (Phi) is 4.34. The molecule has 1 aromatic carbocycles. The lowest BCUT2D eigenvalue weighted by atomic mass is 10.1. The molecule has 0 bridgehead atoms. The first-order valence-corrected chi connectivity index (χ1v) is 8.12. The lowest BCUT2D eigenvalue weighted by molar-refractivity contribution is 0.355. The topological polar surface area (TPSA) is 86.3 Å². The molecule has 1 heterocycles. The van der Waals surface area contributed by atoms with E-state index >= 15 is 0 Å². The third-order valence-electron chi connectivity index (χ3n) is 3.47. The molecule has 6 nitrogen and oxygen atoms in total. The highest BCUT2D eigenvalue weighted by molar-refractivity contribution is 7.89. The van der Waals surface area contributed by atoms with Crippen LogP contribution < -0.4 is 0 Å². The molecule has 2 aromatic rings. The summed E-state index contributed by atoms with van der Waals surface area (Å²) in [4.78, 5) is 0.177. The Hall–Kier alpha value is -1.86. The molecule has 0 saturated heterocycles. The fourth-order valence-electron chi connectivity index (χ4n) is 2.33. The van der Waals surface area contributed by atoms with Gasteiger partial charge in [0.1, 0.15) is 10.6 Å². The van der Waals surface area contributed by atoms with Crippen molar-refractivity contribution in [3.8, 4) is 5.75 Å². The predicted molar refractivity (Wildman–Crippen MR) is 79.4 cm³/mol. The lowest BCUT2D eigenvalue weighted by Gasteiger charge is -2.27. The molecule has 0 amide bonds. The zero-order valence-electron chi connectivity index (χ0n) is 12.2. The van der Waals surface area contributed by atoms with Crippen molar-refractivity contribution in [3.63, 3.8) is 0 Å². The number of sulfonamides is 1. The zero-order chi connectivity index (χ0) is 15.6. The molecule has 1 aromatic heterocycles. The molecule has 0 radical (unpaired) electrons. The number of H-pyrrole nitrogens is 1. The van der Waals surface area contributed by atoms with Crippen LogP contribution in [0.2, 0.25) is 0 Å². The molecule has 0 saturated carbocycles. The molecule has 1 atom stereocenters. The van der Waals surface area contributed by atoms with Crippen molar-refractivity contribution in [2.75, 3.05) is 6.54 Å². The molecule has 0 aliphatic heterocycles. The molecule has 2 rings (SSSR count). The average Bonchev–Trinajstić information content (AvgIpc) is 2.86. The number of phenolic OH excluding ortho intramolecular Hbond substituents is 1. The average molecular weight is 309 g/mol. The quantitative estimate of drug-likeness (QED) is 0.886. The second kappa shape index (κ2) is 5.87. The molecule has 0 aliphatic rings. The minimum absolute atomic E-state index is 0.118. The van der Waals surface area contributed by atoms with Gasteiger partial charge in [-0.05, 0) is 31.5 Å². The van der Waals surface area contributed by atoms with Crippen LogP contribution in [0.4, 0.5) is 0 Å². The van der Waals surface area contributed by atoms with Crippen LogP contribution in [0, 0.1) is 6.92 Å². The van der Waals surface area contributed by atoms with Crippen molar-refractivity contribution >= 4 is 10.0 Å². The molecule has 21 heavy (non-hydrogen) atoms. The first kappa shape index (κ1) is 15.5. The van der Waals surface area contributed by atoms with Crippen molar-refractivity contribution in [3.05, 3.63) is 41.7 Å². The van der Waals surface area contributed by atoms with Gasteiger partial charge in [0.25, 0.3) is 0 Å². The number of benzene rings is 1. The van der Waals surface area contributed by atoms with E-state index in [0.717, 1.165) is 5.56 Å². The van der Waals surface area contributed by atoms with Crippen molar-refractivity contribution in [1.82, 2.24) is 14.5 Å². The van der Waals surface area contributed by atoms with Gasteiger partial charge in [0.15, 0.2) is 0 Å². The van der Waals surface area contributed by atoms with E-state index in [-0.39, 0.29) is 16.7 Å². The Bertz CT molecular complexity index is 725. The van der Waals surface area contributed by atoms with Crippen LogP contribution in [0.3, 0.4) is 0 Å². The Balaban J connectivity index is 2.42. The minimum atomic E-state index is -3.64. The third kappa shape index (κ3) is 2.93. The molecular weight excluding hydrogens is 290 g/mol. The van der Waals surface area contributed by atoms with Crippen LogP contribution in [-0.2, 0) is 10.0 Å². The van der Waals surface area contributed by atoms with Crippen LogP contribution in [-0.4, -0.2) is 34.6 Å². The molecule has 7 heteroatoms. The van der Waals surface area contributed by atoms with Gasteiger partial charge in [0.2, 0.25) is 10.0 Å². The van der Waals surface area contributed by atoms with Gasteiger partial charge in [-0.15, -0.1) is 0 Å². The predicted octanol–water partition coefficient (Wildman–Crippen LogP) is 2.20. The highest BCUT2D eigenvalue weighted by Crippen LogP contribution is 2.29. The fourth-order valence-corrected chi connectivity index (χ4v) is 4.08. The van der Waals surface area contributed by atoms with E-state index in [2.05, 4.69) is 10.2 Å². The summed E-state index contributed by atoms with van der Waals surface area (Å²) < 4.78 is 26.9. The SMILES string of the molecule is CCN(C(C)c1cccc(O)c1)S(=O)(=O)c1cn[nH]c1C. The molecule has 0 fully saturated rings. The number of hydrogen-bond donors (Lipinski definition) is 2. The molecule has 0 spiro atoms. The number of nitrogens with one attached hydrogen (secondary N) is 1. The number of aromatic nitrogens is 2. The maximum Gasteiger partial charge on any atom is 0.246 e. The van der Waals surface area contributed by atoms with E-state index in [4.69, 9.17) is 0 Å². The normalized spacial score (nSPS) is 13.5. The van der Waals surface area contributed by atoms with E-state index in [0.29, 0.717) is 12.2 Å². The van der Waals surface area contributed by atoms with Crippen molar-refractivity contribution in [2.24, 2.45) is 0 Å². The monoisotopic (exact) mass is 309 g/mol. The molecule has 1 unspecified atom stereocenters. The summed E-state index contributed by atoms with van der Waals surface area (Å²) in [6.45, 7) is 5.58. The van der Waals surface area contributed by atoms with Gasteiger partial charge in [-0.2, -0.15) is 9.40 Å². The van der Waals surface area contributed by atoms with Gasteiger partial charge in [-0.25, -0.2) is 8.42 Å². The van der Waals surface area contributed by atoms with Crippen LogP contribution >= 0.6 is 0 Å². The summed E-state index contributed by atoms with van der Waals surface area (Å²) in [6.07, 6.45) is 1.32. The van der Waals surface area contributed by atoms with Gasteiger partial charge < -0.3 is 5.11 Å².